The van der Waals surface area contributed by atoms with Gasteiger partial charge < -0.3 is 46.7 Å². The quantitative estimate of drug-likeness (QED) is 0.0987. The Morgan fingerprint density at radius 2 is 1.02 bits per heavy atom. The Balaban J connectivity index is 2.31. The third-order valence-corrected chi connectivity index (χ3v) is 12.6. The van der Waals surface area contributed by atoms with Crippen molar-refractivity contribution in [2.45, 2.75) is 51.9 Å². The second kappa shape index (κ2) is 21.1. The van der Waals surface area contributed by atoms with E-state index in [9.17, 15) is 9.59 Å². The van der Waals surface area contributed by atoms with Crippen molar-refractivity contribution >= 4 is 29.5 Å². The van der Waals surface area contributed by atoms with Gasteiger partial charge in [-0.05, 0) is 24.0 Å². The fourth-order valence-corrected chi connectivity index (χ4v) is 7.58. The van der Waals surface area contributed by atoms with Gasteiger partial charge in [0.1, 0.15) is 0 Å². The van der Waals surface area contributed by atoms with Gasteiger partial charge in [0.25, 0.3) is 0 Å². The van der Waals surface area contributed by atoms with Crippen LogP contribution in [0.3, 0.4) is 0 Å². The van der Waals surface area contributed by atoms with E-state index in [4.69, 9.17) is 36.0 Å². The highest BCUT2D eigenvalue weighted by atomic mass is 28.4. The van der Waals surface area contributed by atoms with E-state index < -0.39 is 17.6 Å². The summed E-state index contributed by atoms with van der Waals surface area (Å²) in [5.41, 5.74) is 2.20. The molecule has 0 saturated heterocycles. The number of benzene rings is 1. The van der Waals surface area contributed by atoms with Crippen molar-refractivity contribution < 1.29 is 45.6 Å². The lowest BCUT2D eigenvalue weighted by molar-refractivity contribution is -0.148. The standard InChI is InChI=1S/C28H52N2O10Si2/c1-23(27(31)39-14-10-16-41(33-3,34-4)35-5)19-29-21-25-12-9-13-26(18-25)22-30-20-24(2)28(32)40-15-11-17-42(36-6,37-7)38-8/h9,12-13,18,23-24,29-30H,10-11,14-17,19-22H2,1-8H3. The smallest absolute Gasteiger partial charge is 0.465 e. The van der Waals surface area contributed by atoms with E-state index in [1.807, 2.05) is 32.0 Å². The SMILES string of the molecule is CO[Si](CCCOC(=O)C(C)CNCc1cccc(CNCC(C)C(=O)OCCC[Si](OC)(OC)OC)c1)(OC)OC. The van der Waals surface area contributed by atoms with Crippen LogP contribution in [0.5, 0.6) is 0 Å². The first kappa shape index (κ1) is 38.3. The molecule has 0 saturated carbocycles. The van der Waals surface area contributed by atoms with Gasteiger partial charge in [-0.3, -0.25) is 9.59 Å². The first-order valence-electron chi connectivity index (χ1n) is 14.3. The van der Waals surface area contributed by atoms with Gasteiger partial charge in [-0.2, -0.15) is 0 Å². The van der Waals surface area contributed by atoms with Crippen LogP contribution in [-0.4, -0.2) is 98.5 Å². The molecule has 242 valence electrons. The molecule has 0 aliphatic heterocycles. The number of carbonyl (C=O) groups is 2. The van der Waals surface area contributed by atoms with Gasteiger partial charge in [-0.1, -0.05) is 38.1 Å². The maximum absolute atomic E-state index is 12.3. The van der Waals surface area contributed by atoms with Gasteiger partial charge in [-0.15, -0.1) is 0 Å². The Morgan fingerprint density at radius 3 is 1.36 bits per heavy atom. The fraction of sp³-hybridized carbons (Fsp3) is 0.714. The molecule has 2 unspecified atom stereocenters. The Bertz CT molecular complexity index is 819. The van der Waals surface area contributed by atoms with Crippen LogP contribution >= 0.6 is 0 Å². The van der Waals surface area contributed by atoms with Crippen LogP contribution in [0.2, 0.25) is 12.1 Å². The number of ether oxygens (including phenoxy) is 2. The third-order valence-electron chi connectivity index (χ3n) is 6.96. The molecule has 42 heavy (non-hydrogen) atoms. The summed E-state index contributed by atoms with van der Waals surface area (Å²) in [5, 5.41) is 6.66. The molecule has 1 rings (SSSR count). The largest absolute Gasteiger partial charge is 0.500 e. The molecule has 0 aromatic heterocycles. The number of hydrogen-bond donors (Lipinski definition) is 2. The molecule has 0 aliphatic carbocycles. The maximum Gasteiger partial charge on any atom is 0.500 e. The number of esters is 2. The van der Waals surface area contributed by atoms with Gasteiger partial charge >= 0.3 is 29.5 Å². The predicted octanol–water partition coefficient (Wildman–Crippen LogP) is 2.76. The highest BCUT2D eigenvalue weighted by Crippen LogP contribution is 2.16. The van der Waals surface area contributed by atoms with Crippen molar-refractivity contribution in [2.75, 3.05) is 69.0 Å². The molecule has 1 aromatic carbocycles. The van der Waals surface area contributed by atoms with Gasteiger partial charge in [-0.25, -0.2) is 0 Å². The topological polar surface area (TPSA) is 132 Å². The van der Waals surface area contributed by atoms with Crippen molar-refractivity contribution in [2.24, 2.45) is 11.8 Å². The van der Waals surface area contributed by atoms with Gasteiger partial charge in [0.05, 0.1) is 25.0 Å². The summed E-state index contributed by atoms with van der Waals surface area (Å²) in [6.45, 7) is 6.51. The summed E-state index contributed by atoms with van der Waals surface area (Å²) in [6, 6.07) is 9.31. The van der Waals surface area contributed by atoms with Gasteiger partial charge in [0, 0.05) is 80.9 Å². The normalized spacial score (nSPS) is 13.5. The average Bonchev–Trinajstić information content (AvgIpc) is 3.01. The molecule has 0 spiro atoms. The van der Waals surface area contributed by atoms with E-state index in [0.717, 1.165) is 11.1 Å². The minimum atomic E-state index is -2.65. The molecular weight excluding hydrogens is 580 g/mol. The van der Waals surface area contributed by atoms with Crippen molar-refractivity contribution in [1.82, 2.24) is 10.6 Å². The second-order valence-corrected chi connectivity index (χ2v) is 16.2. The van der Waals surface area contributed by atoms with Crippen LogP contribution in [0.25, 0.3) is 0 Å². The molecule has 0 heterocycles. The van der Waals surface area contributed by atoms with Crippen LogP contribution in [0.4, 0.5) is 0 Å². The summed E-state index contributed by atoms with van der Waals surface area (Å²) >= 11 is 0. The number of carbonyl (C=O) groups excluding carboxylic acids is 2. The molecule has 14 heteroatoms. The lowest BCUT2D eigenvalue weighted by Crippen LogP contribution is -2.42. The molecule has 0 fully saturated rings. The lowest BCUT2D eigenvalue weighted by atomic mass is 10.1. The van der Waals surface area contributed by atoms with Crippen molar-refractivity contribution in [3.05, 3.63) is 35.4 Å². The monoisotopic (exact) mass is 632 g/mol. The van der Waals surface area contributed by atoms with Crippen LogP contribution in [-0.2, 0) is 58.7 Å². The van der Waals surface area contributed by atoms with E-state index in [2.05, 4.69) is 16.7 Å². The zero-order chi connectivity index (χ0) is 31.4. The molecular formula is C28H52N2O10Si2. The van der Waals surface area contributed by atoms with Crippen LogP contribution in [0, 0.1) is 11.8 Å². The second-order valence-electron chi connectivity index (χ2n) is 10.0. The van der Waals surface area contributed by atoms with Gasteiger partial charge in [0.2, 0.25) is 0 Å². The zero-order valence-corrected chi connectivity index (χ0v) is 28.6. The molecule has 0 amide bonds. The highest BCUT2D eigenvalue weighted by Gasteiger charge is 2.38. The highest BCUT2D eigenvalue weighted by molar-refractivity contribution is 6.60. The fourth-order valence-electron chi connectivity index (χ4n) is 4.20. The molecule has 0 bridgehead atoms. The van der Waals surface area contributed by atoms with Crippen molar-refractivity contribution in [1.29, 1.82) is 0 Å². The summed E-state index contributed by atoms with van der Waals surface area (Å²) in [4.78, 5) is 24.7. The minimum Gasteiger partial charge on any atom is -0.465 e. The Hall–Kier alpha value is -1.73. The summed E-state index contributed by atoms with van der Waals surface area (Å²) in [6.07, 6.45) is 1.21. The number of nitrogens with one attached hydrogen (secondary N) is 2. The van der Waals surface area contributed by atoms with Crippen molar-refractivity contribution in [3.8, 4) is 0 Å². The van der Waals surface area contributed by atoms with Crippen LogP contribution in [0.1, 0.15) is 37.8 Å². The van der Waals surface area contributed by atoms with Gasteiger partial charge in [0.15, 0.2) is 0 Å². The first-order chi connectivity index (χ1) is 20.1. The molecule has 2 atom stereocenters. The zero-order valence-electron chi connectivity index (χ0n) is 26.6. The number of hydrogen-bond acceptors (Lipinski definition) is 12. The Labute approximate surface area is 253 Å². The minimum absolute atomic E-state index is 0.248. The van der Waals surface area contributed by atoms with Crippen LogP contribution < -0.4 is 10.6 Å². The van der Waals surface area contributed by atoms with E-state index >= 15 is 0 Å². The Kier molecular flexibility index (Phi) is 19.2. The predicted molar refractivity (Wildman–Crippen MR) is 163 cm³/mol. The molecule has 2 N–H and O–H groups in total. The Morgan fingerprint density at radius 1 is 0.667 bits per heavy atom. The molecule has 1 aromatic rings. The van der Waals surface area contributed by atoms with Crippen molar-refractivity contribution in [3.63, 3.8) is 0 Å². The van der Waals surface area contributed by atoms with E-state index in [0.29, 0.717) is 64.3 Å². The summed E-state index contributed by atoms with van der Waals surface area (Å²) < 4.78 is 43.1. The third kappa shape index (κ3) is 13.7. The molecule has 0 aliphatic rings. The van der Waals surface area contributed by atoms with E-state index in [1.54, 1.807) is 42.7 Å². The molecule has 0 radical (unpaired) electrons. The summed E-state index contributed by atoms with van der Waals surface area (Å²) in [5.74, 6) is -1.06. The lowest BCUT2D eigenvalue weighted by Gasteiger charge is -2.24. The van der Waals surface area contributed by atoms with Crippen LogP contribution in [0.15, 0.2) is 24.3 Å². The van der Waals surface area contributed by atoms with E-state index in [1.165, 1.54) is 0 Å². The molecule has 12 nitrogen and oxygen atoms in total. The summed E-state index contributed by atoms with van der Waals surface area (Å²) in [7, 11) is 4.08. The van der Waals surface area contributed by atoms with E-state index in [-0.39, 0.29) is 23.8 Å². The average molecular weight is 633 g/mol. The first-order valence-corrected chi connectivity index (χ1v) is 18.1. The maximum atomic E-state index is 12.3. The number of rotatable bonds is 24.